The molecule has 2 aliphatic carbocycles. The van der Waals surface area contributed by atoms with E-state index in [4.69, 9.17) is 10.8 Å². The number of halogens is 2. The number of rotatable bonds is 6. The van der Waals surface area contributed by atoms with Gasteiger partial charge in [-0.1, -0.05) is 97.9 Å². The Balaban J connectivity index is -0.000000484. The molecule has 0 saturated carbocycles. The number of carbonyl (C=O) groups is 2. The Kier molecular flexibility index (Phi) is 22.0. The van der Waals surface area contributed by atoms with E-state index in [1.165, 1.54) is 11.1 Å². The van der Waals surface area contributed by atoms with Crippen LogP contribution >= 0.6 is 0 Å². The molecule has 1 radical (unpaired) electrons. The zero-order valence-corrected chi connectivity index (χ0v) is 26.7. The number of nitrogens with zero attached hydrogens (tertiary/aromatic N) is 1. The summed E-state index contributed by atoms with van der Waals surface area (Å²) in [6.45, 7) is 17.3. The number of nitrogens with one attached hydrogen (secondary N) is 2. The van der Waals surface area contributed by atoms with Crippen LogP contribution in [0.25, 0.3) is 0 Å². The van der Waals surface area contributed by atoms with Gasteiger partial charge in [-0.25, -0.2) is 4.98 Å². The number of aromatic nitrogens is 1. The Morgan fingerprint density at radius 2 is 1.03 bits per heavy atom. The maximum absolute atomic E-state index is 10.1. The van der Waals surface area contributed by atoms with E-state index in [9.17, 15) is 9.59 Å². The summed E-state index contributed by atoms with van der Waals surface area (Å²) in [6, 6.07) is 4.69. The summed E-state index contributed by atoms with van der Waals surface area (Å²) in [6.07, 6.45) is 13.8. The van der Waals surface area contributed by atoms with Crippen molar-refractivity contribution in [2.75, 3.05) is 0 Å². The van der Waals surface area contributed by atoms with Gasteiger partial charge in [-0.05, 0) is 47.0 Å². The molecule has 0 amide bonds. The fourth-order valence-electron chi connectivity index (χ4n) is 4.03. The molecule has 1 heterocycles. The average Bonchev–Trinajstić information content (AvgIpc) is 2.84. The van der Waals surface area contributed by atoms with Gasteiger partial charge in [0.2, 0.25) is 0 Å². The molecule has 2 atom stereocenters. The summed E-state index contributed by atoms with van der Waals surface area (Å²) >= 11 is 0. The average molecular weight is 620 g/mol. The second kappa shape index (κ2) is 20.7. The van der Waals surface area contributed by atoms with E-state index < -0.39 is 0 Å². The minimum absolute atomic E-state index is 0. The Hall–Kier alpha value is -2.12. The van der Waals surface area contributed by atoms with Gasteiger partial charge in [-0.2, -0.15) is 0 Å². The normalized spacial score (nSPS) is 17.4. The predicted octanol–water partition coefficient (Wildman–Crippen LogP) is 1.57. The molecule has 0 aromatic carbocycles. The first-order valence-electron chi connectivity index (χ1n) is 12.8. The number of hydrogen-bond acceptors (Lipinski definition) is 5. The number of allylic oxidation sites excluding steroid dienone is 8. The van der Waals surface area contributed by atoms with Gasteiger partial charge in [0, 0.05) is 23.3 Å². The van der Waals surface area contributed by atoms with E-state index in [0.717, 1.165) is 11.4 Å². The van der Waals surface area contributed by atoms with Crippen LogP contribution in [0.15, 0.2) is 65.8 Å². The molecule has 0 spiro atoms. The Labute approximate surface area is 258 Å². The molecule has 1 aromatic rings. The van der Waals surface area contributed by atoms with Gasteiger partial charge in [-0.15, -0.1) is 0 Å². The monoisotopic (exact) mass is 618 g/mol. The third-order valence-corrected chi connectivity index (χ3v) is 6.19. The van der Waals surface area contributed by atoms with Gasteiger partial charge in [0.1, 0.15) is 11.4 Å². The van der Waals surface area contributed by atoms with Crippen LogP contribution in [-0.2, 0) is 16.8 Å². The number of pyridine rings is 1. The fraction of sp³-hybridized carbons (Fsp3) is 0.452. The SMILES string of the molecule is CC(C)C1=CC=CC(C(C)C)C1=N.CC(C)C1=CC=CC(C(C)C)C1=N.O=Cc1cccc(C=O)n1.[Cl-].[Cl-].[Co+2]. The van der Waals surface area contributed by atoms with Crippen molar-refractivity contribution in [1.82, 2.24) is 4.98 Å². The molecule has 1 aromatic heterocycles. The van der Waals surface area contributed by atoms with E-state index in [2.05, 4.69) is 96.8 Å². The van der Waals surface area contributed by atoms with Gasteiger partial charge < -0.3 is 35.6 Å². The first-order chi connectivity index (χ1) is 16.9. The quantitative estimate of drug-likeness (QED) is 0.474. The maximum Gasteiger partial charge on any atom is 2.00 e. The van der Waals surface area contributed by atoms with Crippen LogP contribution < -0.4 is 24.8 Å². The molecule has 0 bridgehead atoms. The topological polar surface area (TPSA) is 94.7 Å². The minimum atomic E-state index is 0. The fourth-order valence-corrected chi connectivity index (χ4v) is 4.03. The third kappa shape index (κ3) is 13.2. The molecule has 217 valence electrons. The van der Waals surface area contributed by atoms with Gasteiger partial charge in [0.05, 0.1) is 0 Å². The first kappa shape index (κ1) is 41.4. The second-order valence-electron chi connectivity index (χ2n) is 10.4. The number of aldehydes is 2. The van der Waals surface area contributed by atoms with Crippen molar-refractivity contribution < 1.29 is 51.2 Å². The molecule has 0 fully saturated rings. The standard InChI is InChI=1S/2C12H19N.C7H5NO2.2ClH.Co/c2*1-8(2)10-6-5-7-11(9(3)4)12(10)13;9-4-6-2-1-3-7(5-10)8-6;;;/h2*5-10,13H,1-4H3;1-5H;2*1H;/q;;;;;+2/p-2. The van der Waals surface area contributed by atoms with E-state index in [1.807, 2.05) is 0 Å². The smallest absolute Gasteiger partial charge is 1.00 e. The molecule has 8 heteroatoms. The van der Waals surface area contributed by atoms with Gasteiger partial charge >= 0.3 is 16.8 Å². The summed E-state index contributed by atoms with van der Waals surface area (Å²) in [5, 5.41) is 16.1. The van der Waals surface area contributed by atoms with Crippen LogP contribution in [0, 0.1) is 46.3 Å². The summed E-state index contributed by atoms with van der Waals surface area (Å²) in [5.41, 5.74) is 4.58. The molecule has 2 unspecified atom stereocenters. The van der Waals surface area contributed by atoms with Crippen molar-refractivity contribution in [3.63, 3.8) is 0 Å². The van der Waals surface area contributed by atoms with Crippen LogP contribution in [-0.4, -0.2) is 29.0 Å². The molecular weight excluding hydrogens is 576 g/mol. The van der Waals surface area contributed by atoms with E-state index in [-0.39, 0.29) is 53.0 Å². The van der Waals surface area contributed by atoms with Crippen molar-refractivity contribution in [1.29, 1.82) is 10.8 Å². The second-order valence-corrected chi connectivity index (χ2v) is 10.4. The Morgan fingerprint density at radius 1 is 0.692 bits per heavy atom. The summed E-state index contributed by atoms with van der Waals surface area (Å²) in [4.78, 5) is 23.9. The zero-order chi connectivity index (χ0) is 27.4. The number of carbonyl (C=O) groups excluding carboxylic acids is 2. The number of hydrogen-bond donors (Lipinski definition) is 2. The van der Waals surface area contributed by atoms with Crippen LogP contribution in [0.3, 0.4) is 0 Å². The molecular formula is C31H43Cl2CoN3O2. The van der Waals surface area contributed by atoms with Crippen molar-refractivity contribution in [2.45, 2.75) is 55.4 Å². The van der Waals surface area contributed by atoms with Crippen LogP contribution in [0.2, 0.25) is 0 Å². The van der Waals surface area contributed by atoms with Crippen molar-refractivity contribution in [2.24, 2.45) is 35.5 Å². The molecule has 3 rings (SSSR count). The van der Waals surface area contributed by atoms with Gasteiger partial charge in [0.25, 0.3) is 0 Å². The summed E-state index contributed by atoms with van der Waals surface area (Å²) in [7, 11) is 0. The van der Waals surface area contributed by atoms with Crippen molar-refractivity contribution in [3.05, 3.63) is 77.2 Å². The third-order valence-electron chi connectivity index (χ3n) is 6.19. The molecule has 0 aliphatic heterocycles. The summed E-state index contributed by atoms with van der Waals surface area (Å²) < 4.78 is 0. The molecule has 2 aliphatic rings. The molecule has 2 N–H and O–H groups in total. The van der Waals surface area contributed by atoms with Crippen LogP contribution in [0.5, 0.6) is 0 Å². The maximum atomic E-state index is 10.1. The van der Waals surface area contributed by atoms with Gasteiger partial charge in [-0.3, -0.25) is 9.59 Å². The van der Waals surface area contributed by atoms with Crippen molar-refractivity contribution >= 4 is 24.0 Å². The predicted molar refractivity (Wildman–Crippen MR) is 151 cm³/mol. The Morgan fingerprint density at radius 3 is 1.28 bits per heavy atom. The van der Waals surface area contributed by atoms with E-state index in [0.29, 0.717) is 48.1 Å². The van der Waals surface area contributed by atoms with Crippen molar-refractivity contribution in [3.8, 4) is 0 Å². The van der Waals surface area contributed by atoms with E-state index >= 15 is 0 Å². The minimum Gasteiger partial charge on any atom is -1.00 e. The Bertz CT molecular complexity index is 978. The molecule has 5 nitrogen and oxygen atoms in total. The molecule has 39 heavy (non-hydrogen) atoms. The van der Waals surface area contributed by atoms with Gasteiger partial charge in [0.15, 0.2) is 12.6 Å². The largest absolute Gasteiger partial charge is 2.00 e. The summed E-state index contributed by atoms with van der Waals surface area (Å²) in [5.74, 6) is 2.65. The van der Waals surface area contributed by atoms with Crippen LogP contribution in [0.4, 0.5) is 0 Å². The first-order valence-corrected chi connectivity index (χ1v) is 12.8. The van der Waals surface area contributed by atoms with E-state index in [1.54, 1.807) is 18.2 Å². The molecule has 0 saturated heterocycles. The zero-order valence-electron chi connectivity index (χ0n) is 24.2. The van der Waals surface area contributed by atoms with Crippen LogP contribution in [0.1, 0.15) is 76.4 Å².